The fraction of sp³-hybridized carbons (Fsp3) is 0.846. The van der Waals surface area contributed by atoms with Crippen molar-refractivity contribution in [3.63, 3.8) is 0 Å². The van der Waals surface area contributed by atoms with Gasteiger partial charge in [0.25, 0.3) is 0 Å². The molecule has 2 aliphatic rings. The highest BCUT2D eigenvalue weighted by atomic mass is 16.5. The first-order valence-corrected chi connectivity index (χ1v) is 6.78. The van der Waals surface area contributed by atoms with Crippen molar-refractivity contribution < 1.29 is 19.4 Å². The second-order valence-corrected chi connectivity index (χ2v) is 5.21. The molecule has 1 atom stereocenters. The third kappa shape index (κ3) is 3.22. The van der Waals surface area contributed by atoms with E-state index in [1.54, 1.807) is 4.90 Å². The number of carboxylic acids is 1. The maximum Gasteiger partial charge on any atom is 0.323 e. The number of hydrogen-bond acceptors (Lipinski definition) is 3. The van der Waals surface area contributed by atoms with E-state index in [-0.39, 0.29) is 24.4 Å². The van der Waals surface area contributed by atoms with Gasteiger partial charge in [0, 0.05) is 12.6 Å². The van der Waals surface area contributed by atoms with Gasteiger partial charge >= 0.3 is 5.97 Å². The maximum atomic E-state index is 12.4. The molecule has 2 rings (SSSR count). The minimum Gasteiger partial charge on any atom is -0.480 e. The second-order valence-electron chi connectivity index (χ2n) is 5.21. The largest absolute Gasteiger partial charge is 0.480 e. The van der Waals surface area contributed by atoms with E-state index in [9.17, 15) is 9.59 Å². The van der Waals surface area contributed by atoms with Crippen LogP contribution < -0.4 is 0 Å². The van der Waals surface area contributed by atoms with Gasteiger partial charge in [0.2, 0.25) is 5.91 Å². The molecule has 1 saturated carbocycles. The van der Waals surface area contributed by atoms with Gasteiger partial charge in [-0.15, -0.1) is 0 Å². The average molecular weight is 255 g/mol. The first kappa shape index (κ1) is 13.3. The van der Waals surface area contributed by atoms with Gasteiger partial charge in [0.15, 0.2) is 0 Å². The van der Waals surface area contributed by atoms with Gasteiger partial charge in [0.1, 0.15) is 6.54 Å². The van der Waals surface area contributed by atoms with E-state index in [2.05, 4.69) is 0 Å². The summed E-state index contributed by atoms with van der Waals surface area (Å²) in [6, 6.07) is 0.121. The van der Waals surface area contributed by atoms with Crippen LogP contribution in [0.15, 0.2) is 0 Å². The van der Waals surface area contributed by atoms with Crippen LogP contribution >= 0.6 is 0 Å². The Bertz CT molecular complexity index is 306. The zero-order valence-electron chi connectivity index (χ0n) is 10.6. The van der Waals surface area contributed by atoms with Gasteiger partial charge in [-0.25, -0.2) is 0 Å². The van der Waals surface area contributed by atoms with E-state index in [1.165, 1.54) is 0 Å². The molecule has 0 radical (unpaired) electrons. The lowest BCUT2D eigenvalue weighted by molar-refractivity contribution is -0.150. The van der Waals surface area contributed by atoms with Crippen molar-refractivity contribution in [3.8, 4) is 0 Å². The summed E-state index contributed by atoms with van der Waals surface area (Å²) < 4.78 is 5.33. The van der Waals surface area contributed by atoms with Gasteiger partial charge in [-0.3, -0.25) is 9.59 Å². The van der Waals surface area contributed by atoms with E-state index in [1.807, 2.05) is 0 Å². The normalized spacial score (nSPS) is 25.0. The first-order chi connectivity index (χ1) is 8.68. The number of rotatable bonds is 4. The topological polar surface area (TPSA) is 66.8 Å². The van der Waals surface area contributed by atoms with Gasteiger partial charge < -0.3 is 14.7 Å². The number of ether oxygens (including phenoxy) is 1. The Morgan fingerprint density at radius 2 is 1.89 bits per heavy atom. The SMILES string of the molecule is O=C(O)CN(C(=O)C1CCCOC1)C1CCCC1. The predicted molar refractivity (Wildman–Crippen MR) is 65.1 cm³/mol. The molecule has 1 aliphatic heterocycles. The Morgan fingerprint density at radius 1 is 1.17 bits per heavy atom. The number of aliphatic carboxylic acids is 1. The Kier molecular flexibility index (Phi) is 4.58. The number of hydrogen-bond donors (Lipinski definition) is 1. The molecule has 1 aliphatic carbocycles. The maximum absolute atomic E-state index is 12.4. The van der Waals surface area contributed by atoms with Gasteiger partial charge in [-0.05, 0) is 25.7 Å². The minimum atomic E-state index is -0.924. The summed E-state index contributed by atoms with van der Waals surface area (Å²) in [6.07, 6.45) is 5.77. The summed E-state index contributed by atoms with van der Waals surface area (Å²) in [5.74, 6) is -1.09. The molecule has 102 valence electrons. The number of carboxylic acid groups (broad SMARTS) is 1. The Hall–Kier alpha value is -1.10. The standard InChI is InChI=1S/C13H21NO4/c15-12(16)8-14(11-5-1-2-6-11)13(17)10-4-3-7-18-9-10/h10-11H,1-9H2,(H,15,16). The lowest BCUT2D eigenvalue weighted by Crippen LogP contribution is -2.46. The van der Waals surface area contributed by atoms with Crippen LogP contribution in [0.2, 0.25) is 0 Å². The molecule has 18 heavy (non-hydrogen) atoms. The summed E-state index contributed by atoms with van der Waals surface area (Å²) >= 11 is 0. The van der Waals surface area contributed by atoms with E-state index < -0.39 is 5.97 Å². The number of nitrogens with zero attached hydrogens (tertiary/aromatic N) is 1. The highest BCUT2D eigenvalue weighted by Crippen LogP contribution is 2.26. The molecular weight excluding hydrogens is 234 g/mol. The highest BCUT2D eigenvalue weighted by Gasteiger charge is 2.33. The van der Waals surface area contributed by atoms with E-state index >= 15 is 0 Å². The molecule has 1 unspecified atom stereocenters. The van der Waals surface area contributed by atoms with Crippen molar-refractivity contribution >= 4 is 11.9 Å². The van der Waals surface area contributed by atoms with Gasteiger partial charge in [-0.1, -0.05) is 12.8 Å². The summed E-state index contributed by atoms with van der Waals surface area (Å²) in [6.45, 7) is 0.994. The Labute approximate surface area is 107 Å². The van der Waals surface area contributed by atoms with Crippen LogP contribution in [0.4, 0.5) is 0 Å². The van der Waals surface area contributed by atoms with Crippen molar-refractivity contribution in [1.29, 1.82) is 0 Å². The zero-order valence-corrected chi connectivity index (χ0v) is 10.6. The average Bonchev–Trinajstić information content (AvgIpc) is 2.89. The van der Waals surface area contributed by atoms with E-state index in [4.69, 9.17) is 9.84 Å². The molecule has 1 heterocycles. The molecule has 1 N–H and O–H groups in total. The van der Waals surface area contributed by atoms with Crippen molar-refractivity contribution in [2.75, 3.05) is 19.8 Å². The second kappa shape index (κ2) is 6.18. The quantitative estimate of drug-likeness (QED) is 0.821. The molecule has 2 fully saturated rings. The number of carbonyl (C=O) groups is 2. The third-order valence-electron chi connectivity index (χ3n) is 3.86. The molecule has 0 aromatic rings. The molecular formula is C13H21NO4. The summed E-state index contributed by atoms with van der Waals surface area (Å²) in [4.78, 5) is 24.9. The van der Waals surface area contributed by atoms with Gasteiger partial charge in [-0.2, -0.15) is 0 Å². The Morgan fingerprint density at radius 3 is 2.44 bits per heavy atom. The van der Waals surface area contributed by atoms with Crippen LogP contribution in [0, 0.1) is 5.92 Å². The van der Waals surface area contributed by atoms with Crippen LogP contribution in [0.1, 0.15) is 38.5 Å². The highest BCUT2D eigenvalue weighted by molar-refractivity contribution is 5.83. The lowest BCUT2D eigenvalue weighted by atomic mass is 9.99. The van der Waals surface area contributed by atoms with Crippen molar-refractivity contribution in [2.45, 2.75) is 44.6 Å². The van der Waals surface area contributed by atoms with E-state index in [0.29, 0.717) is 13.2 Å². The zero-order chi connectivity index (χ0) is 13.0. The molecule has 0 aromatic heterocycles. The molecule has 0 spiro atoms. The lowest BCUT2D eigenvalue weighted by Gasteiger charge is -2.32. The minimum absolute atomic E-state index is 0.0241. The van der Waals surface area contributed by atoms with Gasteiger partial charge in [0.05, 0.1) is 12.5 Å². The fourth-order valence-corrected chi connectivity index (χ4v) is 2.92. The smallest absolute Gasteiger partial charge is 0.323 e. The summed E-state index contributed by atoms with van der Waals surface area (Å²) in [5, 5.41) is 8.97. The first-order valence-electron chi connectivity index (χ1n) is 6.78. The van der Waals surface area contributed by atoms with Crippen LogP contribution in [-0.4, -0.2) is 47.7 Å². The summed E-state index contributed by atoms with van der Waals surface area (Å²) in [5.41, 5.74) is 0. The predicted octanol–water partition coefficient (Wildman–Crippen LogP) is 1.27. The molecule has 1 amide bonds. The molecule has 1 saturated heterocycles. The van der Waals surface area contributed by atoms with Crippen molar-refractivity contribution in [1.82, 2.24) is 4.90 Å². The number of carbonyl (C=O) groups excluding carboxylic acids is 1. The van der Waals surface area contributed by atoms with E-state index in [0.717, 1.165) is 38.5 Å². The monoisotopic (exact) mass is 255 g/mol. The molecule has 0 bridgehead atoms. The molecule has 5 nitrogen and oxygen atoms in total. The van der Waals surface area contributed by atoms with Crippen LogP contribution in [0.5, 0.6) is 0 Å². The van der Waals surface area contributed by atoms with Crippen molar-refractivity contribution in [2.24, 2.45) is 5.92 Å². The van der Waals surface area contributed by atoms with Crippen LogP contribution in [0.25, 0.3) is 0 Å². The number of amides is 1. The van der Waals surface area contributed by atoms with Crippen LogP contribution in [0.3, 0.4) is 0 Å². The molecule has 5 heteroatoms. The fourth-order valence-electron chi connectivity index (χ4n) is 2.92. The summed E-state index contributed by atoms with van der Waals surface area (Å²) in [7, 11) is 0. The molecule has 0 aromatic carbocycles. The van der Waals surface area contributed by atoms with Crippen molar-refractivity contribution in [3.05, 3.63) is 0 Å². The Balaban J connectivity index is 2.01. The third-order valence-corrected chi connectivity index (χ3v) is 3.86. The van der Waals surface area contributed by atoms with Crippen LogP contribution in [-0.2, 0) is 14.3 Å².